The van der Waals surface area contributed by atoms with Crippen molar-refractivity contribution in [2.24, 2.45) is 34.5 Å². The summed E-state index contributed by atoms with van der Waals surface area (Å²) in [7, 11) is 0. The summed E-state index contributed by atoms with van der Waals surface area (Å²) in [4.78, 5) is 35.2. The van der Waals surface area contributed by atoms with Crippen LogP contribution in [0, 0.1) is 34.5 Å². The van der Waals surface area contributed by atoms with Gasteiger partial charge in [0.25, 0.3) is 0 Å². The molecular weight excluding hydrogens is 396 g/mol. The molecule has 0 aromatic heterocycles. The van der Waals surface area contributed by atoms with Gasteiger partial charge in [0.15, 0.2) is 0 Å². The third-order valence-corrected chi connectivity index (χ3v) is 9.32. The zero-order chi connectivity index (χ0) is 22.6. The van der Waals surface area contributed by atoms with Crippen LogP contribution in [0.3, 0.4) is 0 Å². The minimum Gasteiger partial charge on any atom is -0.463 e. The third-order valence-electron chi connectivity index (χ3n) is 9.32. The van der Waals surface area contributed by atoms with Crippen LogP contribution in [0.1, 0.15) is 86.0 Å². The van der Waals surface area contributed by atoms with Crippen molar-refractivity contribution in [3.05, 3.63) is 0 Å². The fraction of sp³-hybridized carbons (Fsp3) is 0.880. The molecular formula is C25H38O6. The zero-order valence-corrected chi connectivity index (χ0v) is 19.6. The molecule has 0 saturated heterocycles. The fourth-order valence-electron chi connectivity index (χ4n) is 8.24. The number of carbonyl (C=O) groups is 3. The van der Waals surface area contributed by atoms with Crippen molar-refractivity contribution in [3.8, 4) is 0 Å². The summed E-state index contributed by atoms with van der Waals surface area (Å²) in [6.07, 6.45) is 7.46. The molecule has 4 fully saturated rings. The third kappa shape index (κ3) is 4.11. The van der Waals surface area contributed by atoms with Crippen molar-refractivity contribution >= 4 is 17.9 Å². The lowest BCUT2D eigenvalue weighted by Crippen LogP contribution is -2.58. The lowest BCUT2D eigenvalue weighted by molar-refractivity contribution is -0.195. The SMILES string of the molecule is CC(=O)OC1CCC2(C)C(C1)C(OC(C)=O)CC1C3CC(OC(C)=O)CC3(C)CCC12. The Morgan fingerprint density at radius 1 is 0.710 bits per heavy atom. The topological polar surface area (TPSA) is 78.9 Å². The average Bonchev–Trinajstić information content (AvgIpc) is 2.97. The normalized spacial score (nSPS) is 46.2. The van der Waals surface area contributed by atoms with Crippen LogP contribution in [0.25, 0.3) is 0 Å². The molecule has 0 bridgehead atoms. The van der Waals surface area contributed by atoms with Crippen molar-refractivity contribution < 1.29 is 28.6 Å². The van der Waals surface area contributed by atoms with E-state index in [-0.39, 0.29) is 53.0 Å². The van der Waals surface area contributed by atoms with Crippen LogP contribution >= 0.6 is 0 Å². The van der Waals surface area contributed by atoms with Crippen LogP contribution in [0.2, 0.25) is 0 Å². The first-order chi connectivity index (χ1) is 14.5. The molecule has 9 atom stereocenters. The summed E-state index contributed by atoms with van der Waals surface area (Å²) in [5, 5.41) is 0. The maximum atomic E-state index is 12.0. The van der Waals surface area contributed by atoms with Crippen LogP contribution in [0.5, 0.6) is 0 Å². The molecule has 9 unspecified atom stereocenters. The number of fused-ring (bicyclic) bond motifs is 5. The molecule has 0 heterocycles. The Hall–Kier alpha value is -1.59. The number of esters is 3. The molecule has 0 aromatic carbocycles. The van der Waals surface area contributed by atoms with Crippen molar-refractivity contribution in [3.63, 3.8) is 0 Å². The van der Waals surface area contributed by atoms with Gasteiger partial charge in [-0.1, -0.05) is 13.8 Å². The van der Waals surface area contributed by atoms with E-state index in [9.17, 15) is 14.4 Å². The second-order valence-electron chi connectivity index (χ2n) is 11.2. The van der Waals surface area contributed by atoms with Gasteiger partial charge in [-0.3, -0.25) is 14.4 Å². The highest BCUT2D eigenvalue weighted by Gasteiger charge is 2.62. The van der Waals surface area contributed by atoms with Gasteiger partial charge in [-0.2, -0.15) is 0 Å². The first-order valence-electron chi connectivity index (χ1n) is 12.0. The van der Waals surface area contributed by atoms with Gasteiger partial charge in [0.1, 0.15) is 18.3 Å². The summed E-state index contributed by atoms with van der Waals surface area (Å²) < 4.78 is 17.2. The Kier molecular flexibility index (Phi) is 5.89. The Morgan fingerprint density at radius 2 is 1.32 bits per heavy atom. The summed E-state index contributed by atoms with van der Waals surface area (Å²) in [5.74, 6) is 1.07. The molecule has 4 aliphatic rings. The van der Waals surface area contributed by atoms with Gasteiger partial charge in [-0.25, -0.2) is 0 Å². The molecule has 174 valence electrons. The molecule has 0 aliphatic heterocycles. The van der Waals surface area contributed by atoms with E-state index >= 15 is 0 Å². The zero-order valence-electron chi connectivity index (χ0n) is 19.6. The van der Waals surface area contributed by atoms with Gasteiger partial charge >= 0.3 is 17.9 Å². The lowest BCUT2D eigenvalue weighted by Gasteiger charge is -2.62. The van der Waals surface area contributed by atoms with Crippen LogP contribution < -0.4 is 0 Å². The van der Waals surface area contributed by atoms with Gasteiger partial charge in [-0.05, 0) is 80.0 Å². The minimum atomic E-state index is -0.234. The monoisotopic (exact) mass is 434 g/mol. The Balaban J connectivity index is 1.61. The standard InChI is InChI=1S/C25H38O6/c1-14(26)29-17-6-9-25(5)20-7-8-24(4)13-18(30-15(2)27)11-21(24)19(20)12-23(22(25)10-17)31-16(3)28/h17-23H,6-13H2,1-5H3. The van der Waals surface area contributed by atoms with E-state index in [0.29, 0.717) is 17.8 Å². The molecule has 4 aliphatic carbocycles. The average molecular weight is 435 g/mol. The maximum Gasteiger partial charge on any atom is 0.302 e. The predicted molar refractivity (Wildman–Crippen MR) is 114 cm³/mol. The smallest absolute Gasteiger partial charge is 0.302 e. The molecule has 6 nitrogen and oxygen atoms in total. The summed E-state index contributed by atoms with van der Waals surface area (Å²) in [6.45, 7) is 9.21. The second-order valence-corrected chi connectivity index (χ2v) is 11.2. The predicted octanol–water partition coefficient (Wildman–Crippen LogP) is 4.43. The van der Waals surface area contributed by atoms with Crippen molar-refractivity contribution in [1.82, 2.24) is 0 Å². The van der Waals surface area contributed by atoms with Crippen LogP contribution in [0.4, 0.5) is 0 Å². The highest BCUT2D eigenvalue weighted by atomic mass is 16.6. The first kappa shape index (κ1) is 22.6. The number of hydrogen-bond acceptors (Lipinski definition) is 6. The summed E-state index contributed by atoms with van der Waals surface area (Å²) in [6, 6.07) is 0. The molecule has 0 aromatic rings. The molecule has 4 rings (SSSR count). The van der Waals surface area contributed by atoms with E-state index in [4.69, 9.17) is 14.2 Å². The Labute approximate surface area is 185 Å². The number of carbonyl (C=O) groups excluding carboxylic acids is 3. The van der Waals surface area contributed by atoms with E-state index in [2.05, 4.69) is 13.8 Å². The minimum absolute atomic E-state index is 0.00339. The molecule has 0 radical (unpaired) electrons. The largest absolute Gasteiger partial charge is 0.463 e. The van der Waals surface area contributed by atoms with E-state index < -0.39 is 0 Å². The number of hydrogen-bond donors (Lipinski definition) is 0. The van der Waals surface area contributed by atoms with E-state index in [1.807, 2.05) is 0 Å². The van der Waals surface area contributed by atoms with Gasteiger partial charge in [0.2, 0.25) is 0 Å². The summed E-state index contributed by atoms with van der Waals surface area (Å²) in [5.41, 5.74) is 0.251. The van der Waals surface area contributed by atoms with E-state index in [1.54, 1.807) is 0 Å². The van der Waals surface area contributed by atoms with Crippen molar-refractivity contribution in [2.75, 3.05) is 0 Å². The van der Waals surface area contributed by atoms with Crippen LogP contribution in [-0.4, -0.2) is 36.2 Å². The number of rotatable bonds is 3. The Morgan fingerprint density at radius 3 is 1.97 bits per heavy atom. The van der Waals surface area contributed by atoms with Gasteiger partial charge < -0.3 is 14.2 Å². The fourth-order valence-corrected chi connectivity index (χ4v) is 8.24. The van der Waals surface area contributed by atoms with Crippen LogP contribution in [-0.2, 0) is 28.6 Å². The molecule has 0 N–H and O–H groups in total. The molecule has 0 amide bonds. The summed E-state index contributed by atoms with van der Waals surface area (Å²) >= 11 is 0. The first-order valence-corrected chi connectivity index (χ1v) is 12.0. The molecule has 0 spiro atoms. The Bertz CT molecular complexity index is 748. The number of ether oxygens (including phenoxy) is 3. The van der Waals surface area contributed by atoms with Gasteiger partial charge in [0.05, 0.1) is 0 Å². The second kappa shape index (κ2) is 8.08. The highest BCUT2D eigenvalue weighted by molar-refractivity contribution is 5.67. The lowest BCUT2D eigenvalue weighted by atomic mass is 9.44. The van der Waals surface area contributed by atoms with Gasteiger partial charge in [-0.15, -0.1) is 0 Å². The van der Waals surface area contributed by atoms with E-state index in [1.165, 1.54) is 27.2 Å². The quantitative estimate of drug-likeness (QED) is 0.483. The van der Waals surface area contributed by atoms with Gasteiger partial charge in [0, 0.05) is 26.7 Å². The maximum absolute atomic E-state index is 12.0. The molecule has 4 saturated carbocycles. The molecule has 31 heavy (non-hydrogen) atoms. The molecule has 6 heteroatoms. The van der Waals surface area contributed by atoms with Crippen molar-refractivity contribution in [2.45, 2.75) is 104 Å². The van der Waals surface area contributed by atoms with Crippen LogP contribution in [0.15, 0.2) is 0 Å². The van der Waals surface area contributed by atoms with E-state index in [0.717, 1.165) is 44.9 Å². The highest BCUT2D eigenvalue weighted by Crippen LogP contribution is 2.66. The van der Waals surface area contributed by atoms with Crippen molar-refractivity contribution in [1.29, 1.82) is 0 Å².